The molecule has 1 aromatic heterocycles. The molecule has 0 amide bonds. The Balaban J connectivity index is 2.03. The van der Waals surface area contributed by atoms with Crippen LogP contribution in [0.1, 0.15) is 11.1 Å². The van der Waals surface area contributed by atoms with E-state index in [2.05, 4.69) is 4.98 Å². The fourth-order valence-corrected chi connectivity index (χ4v) is 2.24. The molecule has 0 saturated heterocycles. The van der Waals surface area contributed by atoms with Crippen molar-refractivity contribution in [3.8, 4) is 11.6 Å². The molecule has 0 bridgehead atoms. The predicted octanol–water partition coefficient (Wildman–Crippen LogP) is 3.79. The van der Waals surface area contributed by atoms with Gasteiger partial charge in [-0.15, -0.1) is 0 Å². The quantitative estimate of drug-likeness (QED) is 0.782. The Labute approximate surface area is 118 Å². The van der Waals surface area contributed by atoms with Crippen LogP contribution < -0.4 is 10.5 Å². The maximum absolute atomic E-state index is 5.84. The average Bonchev–Trinajstić information content (AvgIpc) is 2.46. The highest BCUT2D eigenvalue weighted by atomic mass is 16.5. The summed E-state index contributed by atoms with van der Waals surface area (Å²) in [6.07, 6.45) is 0. The summed E-state index contributed by atoms with van der Waals surface area (Å²) < 4.78 is 5.84. The van der Waals surface area contributed by atoms with Crippen molar-refractivity contribution in [2.24, 2.45) is 5.73 Å². The van der Waals surface area contributed by atoms with Crippen LogP contribution in [-0.2, 0) is 6.54 Å². The van der Waals surface area contributed by atoms with Crippen molar-refractivity contribution in [3.63, 3.8) is 0 Å². The molecule has 2 N–H and O–H groups in total. The number of nitrogens with zero attached hydrogens (tertiary/aromatic N) is 1. The van der Waals surface area contributed by atoms with Crippen LogP contribution in [0.3, 0.4) is 0 Å². The van der Waals surface area contributed by atoms with Crippen LogP contribution >= 0.6 is 0 Å². The maximum atomic E-state index is 5.84. The van der Waals surface area contributed by atoms with E-state index in [1.165, 1.54) is 0 Å². The third kappa shape index (κ3) is 2.49. The van der Waals surface area contributed by atoms with E-state index in [1.807, 2.05) is 61.5 Å². The molecule has 0 radical (unpaired) electrons. The van der Waals surface area contributed by atoms with Gasteiger partial charge in [0.15, 0.2) is 0 Å². The zero-order valence-corrected chi connectivity index (χ0v) is 11.3. The minimum absolute atomic E-state index is 0.465. The van der Waals surface area contributed by atoms with Gasteiger partial charge in [-0.2, -0.15) is 0 Å². The van der Waals surface area contributed by atoms with Gasteiger partial charge in [0.25, 0.3) is 0 Å². The van der Waals surface area contributed by atoms with Crippen molar-refractivity contribution in [3.05, 3.63) is 65.7 Å². The molecule has 3 aromatic rings. The SMILES string of the molecule is Cc1cccc(Oc2cc(CN)c3ccccc3n2)c1. The van der Waals surface area contributed by atoms with Crippen LogP contribution in [0.5, 0.6) is 11.6 Å². The molecule has 20 heavy (non-hydrogen) atoms. The number of hydrogen-bond donors (Lipinski definition) is 1. The first-order valence-electron chi connectivity index (χ1n) is 6.59. The second-order valence-corrected chi connectivity index (χ2v) is 4.76. The second kappa shape index (κ2) is 5.31. The van der Waals surface area contributed by atoms with Gasteiger partial charge in [0.1, 0.15) is 5.75 Å². The van der Waals surface area contributed by atoms with Crippen LogP contribution in [0, 0.1) is 6.92 Å². The lowest BCUT2D eigenvalue weighted by atomic mass is 10.1. The number of aromatic nitrogens is 1. The van der Waals surface area contributed by atoms with Gasteiger partial charge in [-0.05, 0) is 36.2 Å². The smallest absolute Gasteiger partial charge is 0.220 e. The highest BCUT2D eigenvalue weighted by Crippen LogP contribution is 2.25. The predicted molar refractivity (Wildman–Crippen MR) is 80.9 cm³/mol. The third-order valence-electron chi connectivity index (χ3n) is 3.21. The van der Waals surface area contributed by atoms with E-state index in [9.17, 15) is 0 Å². The van der Waals surface area contributed by atoms with Crippen LogP contribution in [0.4, 0.5) is 0 Å². The first-order chi connectivity index (χ1) is 9.76. The van der Waals surface area contributed by atoms with Crippen LogP contribution in [0.15, 0.2) is 54.6 Å². The van der Waals surface area contributed by atoms with E-state index in [0.29, 0.717) is 12.4 Å². The average molecular weight is 264 g/mol. The molecule has 2 aromatic carbocycles. The lowest BCUT2D eigenvalue weighted by Gasteiger charge is -2.09. The molecule has 100 valence electrons. The third-order valence-corrected chi connectivity index (χ3v) is 3.21. The lowest BCUT2D eigenvalue weighted by molar-refractivity contribution is 0.464. The molecule has 0 unspecified atom stereocenters. The molecule has 1 heterocycles. The molecule has 3 rings (SSSR count). The molecule has 0 aliphatic heterocycles. The van der Waals surface area contributed by atoms with Gasteiger partial charge in [0.2, 0.25) is 5.88 Å². The van der Waals surface area contributed by atoms with Crippen molar-refractivity contribution >= 4 is 10.9 Å². The fraction of sp³-hybridized carbons (Fsp3) is 0.118. The molecule has 3 heteroatoms. The topological polar surface area (TPSA) is 48.1 Å². The highest BCUT2D eigenvalue weighted by molar-refractivity contribution is 5.82. The summed E-state index contributed by atoms with van der Waals surface area (Å²) >= 11 is 0. The Bertz CT molecular complexity index is 753. The molecule has 0 fully saturated rings. The number of para-hydroxylation sites is 1. The monoisotopic (exact) mass is 264 g/mol. The molecular weight excluding hydrogens is 248 g/mol. The molecule has 0 aliphatic rings. The summed E-state index contributed by atoms with van der Waals surface area (Å²) in [6, 6.07) is 17.8. The van der Waals surface area contributed by atoms with Gasteiger partial charge >= 0.3 is 0 Å². The Morgan fingerprint density at radius 3 is 2.70 bits per heavy atom. The van der Waals surface area contributed by atoms with Gasteiger partial charge in [-0.1, -0.05) is 30.3 Å². The number of hydrogen-bond acceptors (Lipinski definition) is 3. The van der Waals surface area contributed by atoms with E-state index in [-0.39, 0.29) is 0 Å². The van der Waals surface area contributed by atoms with Gasteiger partial charge < -0.3 is 10.5 Å². The summed E-state index contributed by atoms with van der Waals surface area (Å²) in [4.78, 5) is 4.53. The minimum Gasteiger partial charge on any atom is -0.439 e. The summed E-state index contributed by atoms with van der Waals surface area (Å²) in [5.41, 5.74) is 8.91. The molecular formula is C17H16N2O. The van der Waals surface area contributed by atoms with Crippen molar-refractivity contribution in [2.45, 2.75) is 13.5 Å². The number of benzene rings is 2. The lowest BCUT2D eigenvalue weighted by Crippen LogP contribution is -1.99. The maximum Gasteiger partial charge on any atom is 0.220 e. The van der Waals surface area contributed by atoms with E-state index in [1.54, 1.807) is 0 Å². The largest absolute Gasteiger partial charge is 0.439 e. The van der Waals surface area contributed by atoms with E-state index in [0.717, 1.165) is 27.8 Å². The van der Waals surface area contributed by atoms with Crippen LogP contribution in [0.25, 0.3) is 10.9 Å². The second-order valence-electron chi connectivity index (χ2n) is 4.76. The van der Waals surface area contributed by atoms with Gasteiger partial charge in [0, 0.05) is 18.0 Å². The Kier molecular flexibility index (Phi) is 3.35. The van der Waals surface area contributed by atoms with Gasteiger partial charge in [0.05, 0.1) is 5.52 Å². The highest BCUT2D eigenvalue weighted by Gasteiger charge is 2.06. The van der Waals surface area contributed by atoms with E-state index in [4.69, 9.17) is 10.5 Å². The van der Waals surface area contributed by atoms with Crippen molar-refractivity contribution < 1.29 is 4.74 Å². The minimum atomic E-state index is 0.465. The van der Waals surface area contributed by atoms with Crippen molar-refractivity contribution in [1.82, 2.24) is 4.98 Å². The standard InChI is InChI=1S/C17H16N2O/c1-12-5-4-6-14(9-12)20-17-10-13(11-18)15-7-2-3-8-16(15)19-17/h2-10H,11,18H2,1H3. The zero-order chi connectivity index (χ0) is 13.9. The van der Waals surface area contributed by atoms with Gasteiger partial charge in [-0.3, -0.25) is 0 Å². The van der Waals surface area contributed by atoms with Crippen LogP contribution in [0.2, 0.25) is 0 Å². The number of fused-ring (bicyclic) bond motifs is 1. The van der Waals surface area contributed by atoms with Gasteiger partial charge in [-0.25, -0.2) is 4.98 Å². The van der Waals surface area contributed by atoms with Crippen molar-refractivity contribution in [2.75, 3.05) is 0 Å². The molecule has 0 aliphatic carbocycles. The Morgan fingerprint density at radius 1 is 1.05 bits per heavy atom. The number of nitrogens with two attached hydrogens (primary N) is 1. The number of pyridine rings is 1. The normalized spacial score (nSPS) is 10.7. The Hall–Kier alpha value is -2.39. The number of aryl methyl sites for hydroxylation is 1. The number of rotatable bonds is 3. The molecule has 0 atom stereocenters. The van der Waals surface area contributed by atoms with E-state index < -0.39 is 0 Å². The fourth-order valence-electron chi connectivity index (χ4n) is 2.24. The van der Waals surface area contributed by atoms with Crippen LogP contribution in [-0.4, -0.2) is 4.98 Å². The summed E-state index contributed by atoms with van der Waals surface area (Å²) in [5.74, 6) is 1.37. The zero-order valence-electron chi connectivity index (χ0n) is 11.3. The molecule has 0 spiro atoms. The number of ether oxygens (including phenoxy) is 1. The summed E-state index contributed by atoms with van der Waals surface area (Å²) in [5, 5.41) is 1.08. The molecule has 3 nitrogen and oxygen atoms in total. The van der Waals surface area contributed by atoms with E-state index >= 15 is 0 Å². The summed E-state index contributed by atoms with van der Waals surface area (Å²) in [6.45, 7) is 2.50. The first-order valence-corrected chi connectivity index (χ1v) is 6.59. The molecule has 0 saturated carbocycles. The first kappa shape index (κ1) is 12.6. The van der Waals surface area contributed by atoms with Crippen molar-refractivity contribution in [1.29, 1.82) is 0 Å². The summed E-state index contributed by atoms with van der Waals surface area (Å²) in [7, 11) is 0. The Morgan fingerprint density at radius 2 is 1.90 bits per heavy atom.